The Hall–Kier alpha value is -2.05. The molecule has 2 N–H and O–H groups in total. The molecule has 2 aromatic carbocycles. The average molecular weight is 423 g/mol. The topological polar surface area (TPSA) is 41.1 Å². The summed E-state index contributed by atoms with van der Waals surface area (Å²) < 4.78 is 39.6. The average Bonchev–Trinajstić information content (AvgIpc) is 2.73. The van der Waals surface area contributed by atoms with Gasteiger partial charge in [-0.1, -0.05) is 48.0 Å². The molecule has 0 aromatic heterocycles. The zero-order chi connectivity index (χ0) is 20.6. The van der Waals surface area contributed by atoms with Crippen molar-refractivity contribution in [3.05, 3.63) is 70.2 Å². The number of fused-ring (bicyclic) bond motifs is 3. The third-order valence-corrected chi connectivity index (χ3v) is 6.66. The van der Waals surface area contributed by atoms with E-state index in [1.807, 2.05) is 30.3 Å². The molecule has 2 aromatic rings. The van der Waals surface area contributed by atoms with Gasteiger partial charge in [0.2, 0.25) is 0 Å². The first kappa shape index (κ1) is 20.2. The lowest BCUT2D eigenvalue weighted by molar-refractivity contribution is -0.137. The molecule has 29 heavy (non-hydrogen) atoms. The summed E-state index contributed by atoms with van der Waals surface area (Å²) in [5.41, 5.74) is -0.544. The maximum atomic E-state index is 13.2. The zero-order valence-corrected chi connectivity index (χ0v) is 16.5. The van der Waals surface area contributed by atoms with Crippen molar-refractivity contribution in [3.8, 4) is 0 Å². The van der Waals surface area contributed by atoms with Gasteiger partial charge >= 0.3 is 6.18 Å². The van der Waals surface area contributed by atoms with Crippen molar-refractivity contribution < 1.29 is 18.0 Å². The van der Waals surface area contributed by atoms with Crippen molar-refractivity contribution in [2.75, 3.05) is 6.54 Å². The molecule has 1 amide bonds. The van der Waals surface area contributed by atoms with Crippen molar-refractivity contribution in [3.63, 3.8) is 0 Å². The van der Waals surface area contributed by atoms with Gasteiger partial charge in [0.25, 0.3) is 5.91 Å². The molecule has 0 spiro atoms. The van der Waals surface area contributed by atoms with Crippen LogP contribution in [-0.2, 0) is 6.18 Å². The van der Waals surface area contributed by atoms with Crippen LogP contribution in [0.2, 0.25) is 5.02 Å². The van der Waals surface area contributed by atoms with Gasteiger partial charge in [-0.05, 0) is 55.8 Å². The van der Waals surface area contributed by atoms with Gasteiger partial charge in [0.05, 0.1) is 22.2 Å². The molecule has 154 valence electrons. The highest BCUT2D eigenvalue weighted by atomic mass is 35.5. The van der Waals surface area contributed by atoms with Gasteiger partial charge in [-0.3, -0.25) is 4.79 Å². The lowest BCUT2D eigenvalue weighted by Crippen LogP contribution is -2.62. The number of carbonyl (C=O) groups excluding carboxylic acids is 1. The number of hydrogen-bond acceptors (Lipinski definition) is 2. The molecule has 1 atom stereocenters. The first-order chi connectivity index (χ1) is 13.8. The molecule has 2 bridgehead atoms. The van der Waals surface area contributed by atoms with E-state index in [9.17, 15) is 18.0 Å². The van der Waals surface area contributed by atoms with E-state index in [2.05, 4.69) is 10.6 Å². The molecule has 3 aliphatic rings. The van der Waals surface area contributed by atoms with Crippen LogP contribution < -0.4 is 10.6 Å². The van der Waals surface area contributed by atoms with E-state index in [4.69, 9.17) is 11.6 Å². The van der Waals surface area contributed by atoms with E-state index in [0.717, 1.165) is 43.9 Å². The maximum absolute atomic E-state index is 13.2. The molecule has 2 saturated heterocycles. The van der Waals surface area contributed by atoms with E-state index in [0.29, 0.717) is 5.92 Å². The van der Waals surface area contributed by atoms with E-state index < -0.39 is 22.7 Å². The molecule has 1 saturated carbocycles. The fourth-order valence-corrected chi connectivity index (χ4v) is 4.95. The van der Waals surface area contributed by atoms with Crippen LogP contribution >= 0.6 is 11.6 Å². The number of benzene rings is 2. The summed E-state index contributed by atoms with van der Waals surface area (Å²) in [6.45, 7) is 0.892. The number of amides is 1. The summed E-state index contributed by atoms with van der Waals surface area (Å²) in [4.78, 5) is 13.1. The molecule has 5 rings (SSSR count). The minimum atomic E-state index is -4.62. The predicted octanol–water partition coefficient (Wildman–Crippen LogP) is 5.36. The van der Waals surface area contributed by atoms with Gasteiger partial charge in [0.1, 0.15) is 0 Å². The number of nitrogens with one attached hydrogen (secondary N) is 2. The van der Waals surface area contributed by atoms with Crippen LogP contribution in [0, 0.1) is 5.92 Å². The lowest BCUT2D eigenvalue weighted by atomic mass is 9.67. The number of hydrogen-bond donors (Lipinski definition) is 2. The molecular formula is C22H22ClF3N2O. The Morgan fingerprint density at radius 2 is 1.79 bits per heavy atom. The Bertz CT molecular complexity index is 879. The summed E-state index contributed by atoms with van der Waals surface area (Å²) >= 11 is 5.98. The van der Waals surface area contributed by atoms with Gasteiger partial charge in [0.15, 0.2) is 0 Å². The number of rotatable bonds is 4. The standard InChI is InChI=1S/C22H22ClF3N2O/c23-18-16(7-4-8-17(18)22(24,25)26)20(29)28-19(15-5-2-1-3-6-15)21-11-9-14(10-12-21)13-27-21/h1-8,14,19,27H,9-13H2,(H,28,29)/t14?,19-,21?/m1/s1. The second kappa shape index (κ2) is 7.65. The fraction of sp³-hybridized carbons (Fsp3) is 0.409. The van der Waals surface area contributed by atoms with Crippen molar-refractivity contribution >= 4 is 17.5 Å². The third kappa shape index (κ3) is 3.88. The molecule has 2 aliphatic heterocycles. The first-order valence-corrected chi connectivity index (χ1v) is 10.1. The van der Waals surface area contributed by atoms with E-state index in [-0.39, 0.29) is 17.1 Å². The molecule has 1 aliphatic carbocycles. The monoisotopic (exact) mass is 422 g/mol. The molecule has 0 radical (unpaired) electrons. The number of piperidine rings is 2. The largest absolute Gasteiger partial charge is 0.417 e. The molecular weight excluding hydrogens is 401 g/mol. The minimum absolute atomic E-state index is 0.164. The Balaban J connectivity index is 1.68. The smallest absolute Gasteiger partial charge is 0.343 e. The molecule has 7 heteroatoms. The molecule has 2 heterocycles. The second-order valence-electron chi connectivity index (χ2n) is 7.96. The number of alkyl halides is 3. The molecule has 3 fully saturated rings. The van der Waals surface area contributed by atoms with Gasteiger partial charge in [-0.15, -0.1) is 0 Å². The normalized spacial score (nSPS) is 24.9. The van der Waals surface area contributed by atoms with Crippen molar-refractivity contribution in [1.29, 1.82) is 0 Å². The van der Waals surface area contributed by atoms with Crippen LogP contribution in [0.1, 0.15) is 53.2 Å². The zero-order valence-electron chi connectivity index (χ0n) is 15.7. The summed E-state index contributed by atoms with van der Waals surface area (Å²) in [5, 5.41) is 6.04. The number of carbonyl (C=O) groups is 1. The first-order valence-electron chi connectivity index (χ1n) is 9.77. The summed E-state index contributed by atoms with van der Waals surface area (Å²) in [6.07, 6.45) is -0.636. The van der Waals surface area contributed by atoms with Crippen molar-refractivity contribution in [2.24, 2.45) is 5.92 Å². The fourth-order valence-electron chi connectivity index (χ4n) is 4.63. The van der Waals surface area contributed by atoms with Crippen LogP contribution in [0.3, 0.4) is 0 Å². The van der Waals surface area contributed by atoms with E-state index >= 15 is 0 Å². The van der Waals surface area contributed by atoms with Gasteiger partial charge in [-0.2, -0.15) is 13.2 Å². The summed E-state index contributed by atoms with van der Waals surface area (Å²) in [5.74, 6) is 0.0562. The molecule has 3 nitrogen and oxygen atoms in total. The van der Waals surface area contributed by atoms with Crippen molar-refractivity contribution in [2.45, 2.75) is 43.4 Å². The minimum Gasteiger partial charge on any atom is -0.343 e. The maximum Gasteiger partial charge on any atom is 0.417 e. The van der Waals surface area contributed by atoms with Crippen LogP contribution in [0.15, 0.2) is 48.5 Å². The SMILES string of the molecule is O=C(N[C@H](c1ccccc1)C12CCC(CC1)CN2)c1cccc(C(F)(F)F)c1Cl. The molecule has 0 unspecified atom stereocenters. The second-order valence-corrected chi connectivity index (χ2v) is 8.34. The van der Waals surface area contributed by atoms with Gasteiger partial charge in [0, 0.05) is 5.54 Å². The van der Waals surface area contributed by atoms with Gasteiger partial charge in [-0.25, -0.2) is 0 Å². The van der Waals surface area contributed by atoms with E-state index in [1.54, 1.807) is 0 Å². The lowest BCUT2D eigenvalue weighted by Gasteiger charge is -2.52. The third-order valence-electron chi connectivity index (χ3n) is 6.25. The highest BCUT2D eigenvalue weighted by Crippen LogP contribution is 2.44. The summed E-state index contributed by atoms with van der Waals surface area (Å²) in [6, 6.07) is 12.6. The van der Waals surface area contributed by atoms with Gasteiger partial charge < -0.3 is 10.6 Å². The summed E-state index contributed by atoms with van der Waals surface area (Å²) in [7, 11) is 0. The number of halogens is 4. The Morgan fingerprint density at radius 3 is 2.38 bits per heavy atom. The Morgan fingerprint density at radius 1 is 1.10 bits per heavy atom. The quantitative estimate of drug-likeness (QED) is 0.696. The predicted molar refractivity (Wildman–Crippen MR) is 106 cm³/mol. The van der Waals surface area contributed by atoms with Crippen molar-refractivity contribution in [1.82, 2.24) is 10.6 Å². The van der Waals surface area contributed by atoms with Crippen LogP contribution in [-0.4, -0.2) is 18.0 Å². The van der Waals surface area contributed by atoms with Crippen LogP contribution in [0.25, 0.3) is 0 Å². The van der Waals surface area contributed by atoms with Crippen LogP contribution in [0.5, 0.6) is 0 Å². The van der Waals surface area contributed by atoms with Crippen LogP contribution in [0.4, 0.5) is 13.2 Å². The van der Waals surface area contributed by atoms with E-state index in [1.165, 1.54) is 12.1 Å². The highest BCUT2D eigenvalue weighted by molar-refractivity contribution is 6.34. The Kier molecular flexibility index (Phi) is 5.34. The Labute approximate surface area is 172 Å². The highest BCUT2D eigenvalue weighted by Gasteiger charge is 2.47.